The largest absolute Gasteiger partial charge is 0.496 e. The molecule has 0 saturated carbocycles. The second-order valence-electron chi connectivity index (χ2n) is 3.54. The lowest BCUT2D eigenvalue weighted by Gasteiger charge is -2.13. The molecule has 0 fully saturated rings. The van der Waals surface area contributed by atoms with Crippen molar-refractivity contribution in [3.63, 3.8) is 0 Å². The number of methoxy groups -OCH3 is 2. The van der Waals surface area contributed by atoms with Crippen molar-refractivity contribution in [2.24, 2.45) is 0 Å². The average molecular weight is 225 g/mol. The third kappa shape index (κ3) is 3.12. The lowest BCUT2D eigenvalue weighted by atomic mass is 10.1. The van der Waals surface area contributed by atoms with E-state index in [1.807, 2.05) is 19.1 Å². The van der Waals surface area contributed by atoms with E-state index in [0.29, 0.717) is 6.54 Å². The maximum absolute atomic E-state index is 8.65. The Bertz CT molecular complexity index is 339. The summed E-state index contributed by atoms with van der Waals surface area (Å²) in [5.74, 6) is 1.72. The Morgan fingerprint density at radius 3 is 2.44 bits per heavy atom. The first-order valence-electron chi connectivity index (χ1n) is 5.26. The summed E-state index contributed by atoms with van der Waals surface area (Å²) in [5, 5.41) is 11.5. The van der Waals surface area contributed by atoms with Crippen LogP contribution in [0.3, 0.4) is 0 Å². The van der Waals surface area contributed by atoms with E-state index in [9.17, 15) is 0 Å². The number of aryl methyl sites for hydroxylation is 1. The van der Waals surface area contributed by atoms with Crippen LogP contribution in [0.15, 0.2) is 12.1 Å². The van der Waals surface area contributed by atoms with Crippen LogP contribution in [0.1, 0.15) is 11.1 Å². The Morgan fingerprint density at radius 1 is 1.19 bits per heavy atom. The predicted octanol–water partition coefficient (Wildman–Crippen LogP) is 1.09. The molecule has 0 aliphatic rings. The van der Waals surface area contributed by atoms with Crippen molar-refractivity contribution in [3.8, 4) is 11.5 Å². The van der Waals surface area contributed by atoms with E-state index in [-0.39, 0.29) is 6.73 Å². The van der Waals surface area contributed by atoms with Crippen LogP contribution >= 0.6 is 0 Å². The summed E-state index contributed by atoms with van der Waals surface area (Å²) in [6.45, 7) is 2.68. The molecule has 0 aliphatic carbocycles. The van der Waals surface area contributed by atoms with Crippen molar-refractivity contribution >= 4 is 0 Å². The maximum atomic E-state index is 8.65. The van der Waals surface area contributed by atoms with E-state index in [0.717, 1.165) is 29.0 Å². The SMILES string of the molecule is COc1cc(CCNCO)c(OC)cc1C. The van der Waals surface area contributed by atoms with E-state index in [2.05, 4.69) is 5.32 Å². The molecule has 0 spiro atoms. The standard InChI is InChI=1S/C12H19NO3/c1-9-6-12(16-3)10(4-5-13-8-14)7-11(9)15-2/h6-7,13-14H,4-5,8H2,1-3H3. The summed E-state index contributed by atoms with van der Waals surface area (Å²) in [6.07, 6.45) is 0.792. The van der Waals surface area contributed by atoms with Gasteiger partial charge in [0.1, 0.15) is 11.5 Å². The van der Waals surface area contributed by atoms with Crippen LogP contribution in [0.2, 0.25) is 0 Å². The highest BCUT2D eigenvalue weighted by Crippen LogP contribution is 2.28. The molecule has 1 aromatic carbocycles. The van der Waals surface area contributed by atoms with Crippen molar-refractivity contribution < 1.29 is 14.6 Å². The highest BCUT2D eigenvalue weighted by atomic mass is 16.5. The second kappa shape index (κ2) is 6.35. The molecule has 0 saturated heterocycles. The summed E-state index contributed by atoms with van der Waals surface area (Å²) in [5.41, 5.74) is 2.13. The van der Waals surface area contributed by atoms with E-state index < -0.39 is 0 Å². The van der Waals surface area contributed by atoms with Crippen LogP contribution in [-0.4, -0.2) is 32.6 Å². The van der Waals surface area contributed by atoms with Crippen LogP contribution in [0.5, 0.6) is 11.5 Å². The molecular weight excluding hydrogens is 206 g/mol. The first kappa shape index (κ1) is 12.8. The van der Waals surface area contributed by atoms with Crippen LogP contribution in [-0.2, 0) is 6.42 Å². The summed E-state index contributed by atoms with van der Waals surface area (Å²) in [7, 11) is 3.31. The number of hydrogen-bond acceptors (Lipinski definition) is 4. The van der Waals surface area contributed by atoms with Gasteiger partial charge < -0.3 is 14.6 Å². The lowest BCUT2D eigenvalue weighted by molar-refractivity contribution is 0.261. The van der Waals surface area contributed by atoms with Gasteiger partial charge in [0.15, 0.2) is 0 Å². The quantitative estimate of drug-likeness (QED) is 0.562. The summed E-state index contributed by atoms with van der Waals surface area (Å²) < 4.78 is 10.6. The number of benzene rings is 1. The molecule has 0 heterocycles. The Kier molecular flexibility index (Phi) is 5.08. The van der Waals surface area contributed by atoms with Gasteiger partial charge in [-0.3, -0.25) is 5.32 Å². The maximum Gasteiger partial charge on any atom is 0.122 e. The third-order valence-corrected chi connectivity index (χ3v) is 2.48. The zero-order valence-corrected chi connectivity index (χ0v) is 10.0. The average Bonchev–Trinajstić information content (AvgIpc) is 2.30. The Labute approximate surface area is 96.2 Å². The predicted molar refractivity (Wildman–Crippen MR) is 63.1 cm³/mol. The number of nitrogens with one attached hydrogen (secondary N) is 1. The number of aliphatic hydroxyl groups is 1. The molecule has 0 bridgehead atoms. The number of ether oxygens (including phenoxy) is 2. The Hall–Kier alpha value is -1.26. The molecule has 0 atom stereocenters. The number of aliphatic hydroxyl groups excluding tert-OH is 1. The van der Waals surface area contributed by atoms with Gasteiger partial charge in [-0.25, -0.2) is 0 Å². The molecule has 4 heteroatoms. The van der Waals surface area contributed by atoms with Crippen LogP contribution in [0.25, 0.3) is 0 Å². The molecule has 0 radical (unpaired) electrons. The molecule has 4 nitrogen and oxygen atoms in total. The molecule has 2 N–H and O–H groups in total. The minimum atomic E-state index is -0.00862. The zero-order chi connectivity index (χ0) is 12.0. The Morgan fingerprint density at radius 2 is 1.88 bits per heavy atom. The molecule has 16 heavy (non-hydrogen) atoms. The van der Waals surface area contributed by atoms with Crippen LogP contribution in [0, 0.1) is 6.92 Å². The van der Waals surface area contributed by atoms with Crippen molar-refractivity contribution in [1.29, 1.82) is 0 Å². The molecule has 0 amide bonds. The van der Waals surface area contributed by atoms with Gasteiger partial charge in [-0.1, -0.05) is 0 Å². The molecule has 90 valence electrons. The number of hydrogen-bond donors (Lipinski definition) is 2. The van der Waals surface area contributed by atoms with Crippen molar-refractivity contribution in [3.05, 3.63) is 23.3 Å². The molecule has 0 aliphatic heterocycles. The van der Waals surface area contributed by atoms with Gasteiger partial charge in [0.2, 0.25) is 0 Å². The van der Waals surface area contributed by atoms with E-state index in [1.54, 1.807) is 14.2 Å². The summed E-state index contributed by atoms with van der Waals surface area (Å²) in [4.78, 5) is 0. The molecule has 1 rings (SSSR count). The van der Waals surface area contributed by atoms with Crippen molar-refractivity contribution in [1.82, 2.24) is 5.32 Å². The summed E-state index contributed by atoms with van der Waals surface area (Å²) in [6, 6.07) is 3.94. The Balaban J connectivity index is 2.86. The molecule has 1 aromatic rings. The van der Waals surface area contributed by atoms with E-state index in [1.165, 1.54) is 0 Å². The zero-order valence-electron chi connectivity index (χ0n) is 10.0. The van der Waals surface area contributed by atoms with Crippen LogP contribution in [0.4, 0.5) is 0 Å². The molecule has 0 aromatic heterocycles. The van der Waals surface area contributed by atoms with Gasteiger partial charge in [0, 0.05) is 6.54 Å². The van der Waals surface area contributed by atoms with Gasteiger partial charge >= 0.3 is 0 Å². The van der Waals surface area contributed by atoms with Crippen molar-refractivity contribution in [2.75, 3.05) is 27.5 Å². The van der Waals surface area contributed by atoms with E-state index in [4.69, 9.17) is 14.6 Å². The van der Waals surface area contributed by atoms with Gasteiger partial charge in [-0.15, -0.1) is 0 Å². The fraction of sp³-hybridized carbons (Fsp3) is 0.500. The van der Waals surface area contributed by atoms with Gasteiger partial charge in [-0.05, 0) is 36.6 Å². The fourth-order valence-electron chi connectivity index (χ4n) is 1.61. The minimum Gasteiger partial charge on any atom is -0.496 e. The summed E-state index contributed by atoms with van der Waals surface area (Å²) >= 11 is 0. The molecule has 0 unspecified atom stereocenters. The van der Waals surface area contributed by atoms with Gasteiger partial charge in [-0.2, -0.15) is 0 Å². The minimum absolute atomic E-state index is 0.00862. The van der Waals surface area contributed by atoms with E-state index >= 15 is 0 Å². The van der Waals surface area contributed by atoms with Gasteiger partial charge in [0.05, 0.1) is 21.0 Å². The smallest absolute Gasteiger partial charge is 0.122 e. The van der Waals surface area contributed by atoms with Gasteiger partial charge in [0.25, 0.3) is 0 Å². The highest BCUT2D eigenvalue weighted by molar-refractivity contribution is 5.46. The first-order chi connectivity index (χ1) is 7.72. The van der Waals surface area contributed by atoms with Crippen molar-refractivity contribution in [2.45, 2.75) is 13.3 Å². The molecular formula is C12H19NO3. The number of rotatable bonds is 6. The fourth-order valence-corrected chi connectivity index (χ4v) is 1.61. The third-order valence-electron chi connectivity index (χ3n) is 2.48. The second-order valence-corrected chi connectivity index (χ2v) is 3.54. The topological polar surface area (TPSA) is 50.7 Å². The lowest BCUT2D eigenvalue weighted by Crippen LogP contribution is -2.18. The first-order valence-corrected chi connectivity index (χ1v) is 5.26. The monoisotopic (exact) mass is 225 g/mol. The normalized spacial score (nSPS) is 10.2. The van der Waals surface area contributed by atoms with Crippen LogP contribution < -0.4 is 14.8 Å². The highest BCUT2D eigenvalue weighted by Gasteiger charge is 2.07.